The lowest BCUT2D eigenvalue weighted by Crippen LogP contribution is -2.38. The van der Waals surface area contributed by atoms with Crippen molar-refractivity contribution in [3.05, 3.63) is 52.6 Å². The number of anilines is 1. The zero-order valence-corrected chi connectivity index (χ0v) is 19.9. The lowest BCUT2D eigenvalue weighted by atomic mass is 9.86. The third-order valence-electron chi connectivity index (χ3n) is 7.35. The lowest BCUT2D eigenvalue weighted by molar-refractivity contribution is -0.274. The number of amides is 1. The molecule has 0 bridgehead atoms. The first-order chi connectivity index (χ1) is 17.6. The Hall–Kier alpha value is -3.81. The molecule has 1 aromatic carbocycles. The van der Waals surface area contributed by atoms with Crippen LogP contribution in [0.25, 0.3) is 11.0 Å². The quantitative estimate of drug-likeness (QED) is 0.283. The maximum absolute atomic E-state index is 15.2. The SMILES string of the molecule is N#CC1CCc2[nH]c3ncc(F)c(C4CCN(C(=O)c5ccc(OC(F)(F)F)cc5N)CC4)c3c2CC1. The fraction of sp³-hybridized carbons (Fsp3) is 0.423. The Labute approximate surface area is 210 Å². The summed E-state index contributed by atoms with van der Waals surface area (Å²) in [6.45, 7) is 0.687. The van der Waals surface area contributed by atoms with Gasteiger partial charge in [0.1, 0.15) is 17.2 Å². The molecule has 1 aliphatic heterocycles. The number of fused-ring (bicyclic) bond motifs is 3. The van der Waals surface area contributed by atoms with Gasteiger partial charge in [0.15, 0.2) is 0 Å². The standard InChI is InChI=1S/C26H25F4N5O2/c27-19-13-33-24-23(18-4-1-14(12-31)2-6-21(18)34-24)22(19)15-7-9-35(10-8-15)25(36)17-5-3-16(11-20(17)32)37-26(28,29)30/h3,5,11,13-15H,1-2,4,6-10,32H2,(H,33,34). The van der Waals surface area contributed by atoms with E-state index in [0.717, 1.165) is 35.2 Å². The van der Waals surface area contributed by atoms with E-state index in [1.165, 1.54) is 12.3 Å². The molecule has 1 atom stereocenters. The number of halogens is 4. The Morgan fingerprint density at radius 2 is 1.92 bits per heavy atom. The van der Waals surface area contributed by atoms with Crippen LogP contribution in [0.5, 0.6) is 5.75 Å². The number of likely N-dealkylation sites (tertiary alicyclic amines) is 1. The number of H-pyrrole nitrogens is 1. The Kier molecular flexibility index (Phi) is 6.43. The zero-order valence-electron chi connectivity index (χ0n) is 19.9. The number of ether oxygens (including phenoxy) is 1. The summed E-state index contributed by atoms with van der Waals surface area (Å²) in [6.07, 6.45) is 0.254. The predicted molar refractivity (Wildman–Crippen MR) is 127 cm³/mol. The van der Waals surface area contributed by atoms with Gasteiger partial charge in [-0.05, 0) is 62.1 Å². The second-order valence-electron chi connectivity index (χ2n) is 9.59. The summed E-state index contributed by atoms with van der Waals surface area (Å²) in [5, 5.41) is 10.1. The van der Waals surface area contributed by atoms with Crippen molar-refractivity contribution in [2.45, 2.75) is 50.8 Å². The van der Waals surface area contributed by atoms with Gasteiger partial charge in [0.05, 0.1) is 17.8 Å². The fourth-order valence-corrected chi connectivity index (χ4v) is 5.55. The first-order valence-electron chi connectivity index (χ1n) is 12.2. The highest BCUT2D eigenvalue weighted by Crippen LogP contribution is 2.39. The van der Waals surface area contributed by atoms with Crippen LogP contribution < -0.4 is 10.5 Å². The molecule has 0 spiro atoms. The first kappa shape index (κ1) is 24.9. The highest BCUT2D eigenvalue weighted by atomic mass is 19.4. The second-order valence-corrected chi connectivity index (χ2v) is 9.59. The first-order valence-corrected chi connectivity index (χ1v) is 12.2. The molecular formula is C26H25F4N5O2. The summed E-state index contributed by atoms with van der Waals surface area (Å²) in [5.74, 6) is -1.44. The van der Waals surface area contributed by atoms with E-state index in [-0.39, 0.29) is 28.9 Å². The molecule has 194 valence electrons. The number of aromatic nitrogens is 2. The molecule has 1 aliphatic carbocycles. The van der Waals surface area contributed by atoms with E-state index in [9.17, 15) is 23.2 Å². The van der Waals surface area contributed by atoms with E-state index < -0.39 is 18.0 Å². The van der Waals surface area contributed by atoms with Crippen molar-refractivity contribution in [1.29, 1.82) is 5.26 Å². The molecule has 37 heavy (non-hydrogen) atoms. The third-order valence-corrected chi connectivity index (χ3v) is 7.35. The summed E-state index contributed by atoms with van der Waals surface area (Å²) in [7, 11) is 0. The summed E-state index contributed by atoms with van der Waals surface area (Å²) in [6, 6.07) is 5.60. The average molecular weight is 516 g/mol. The number of alkyl halides is 3. The molecule has 2 aliphatic rings. The van der Waals surface area contributed by atoms with E-state index in [1.807, 2.05) is 0 Å². The maximum atomic E-state index is 15.2. The van der Waals surface area contributed by atoms with Crippen LogP contribution in [0.4, 0.5) is 23.2 Å². The largest absolute Gasteiger partial charge is 0.573 e. The molecule has 1 saturated heterocycles. The van der Waals surface area contributed by atoms with Gasteiger partial charge in [0, 0.05) is 47.4 Å². The van der Waals surface area contributed by atoms with Crippen molar-refractivity contribution in [1.82, 2.24) is 14.9 Å². The summed E-state index contributed by atoms with van der Waals surface area (Å²) >= 11 is 0. The van der Waals surface area contributed by atoms with E-state index in [2.05, 4.69) is 20.8 Å². The van der Waals surface area contributed by atoms with Crippen LogP contribution in [0.1, 0.15) is 58.8 Å². The number of pyridine rings is 1. The van der Waals surface area contributed by atoms with Crippen molar-refractivity contribution in [3.63, 3.8) is 0 Å². The maximum Gasteiger partial charge on any atom is 0.573 e. The molecule has 7 nitrogen and oxygen atoms in total. The van der Waals surface area contributed by atoms with Crippen LogP contribution in [0.3, 0.4) is 0 Å². The summed E-state index contributed by atoms with van der Waals surface area (Å²) < 4.78 is 56.5. The van der Waals surface area contributed by atoms with Crippen LogP contribution >= 0.6 is 0 Å². The molecule has 2 aromatic heterocycles. The van der Waals surface area contributed by atoms with Crippen molar-refractivity contribution in [3.8, 4) is 11.8 Å². The average Bonchev–Trinajstić information content (AvgIpc) is 3.07. The number of benzene rings is 1. The molecule has 1 amide bonds. The van der Waals surface area contributed by atoms with Crippen molar-refractivity contribution in [2.24, 2.45) is 5.92 Å². The molecule has 0 saturated carbocycles. The van der Waals surface area contributed by atoms with Crippen LogP contribution in [0.15, 0.2) is 24.4 Å². The van der Waals surface area contributed by atoms with Crippen LogP contribution in [-0.4, -0.2) is 40.2 Å². The van der Waals surface area contributed by atoms with Crippen molar-refractivity contribution in [2.75, 3.05) is 18.8 Å². The number of nitriles is 1. The topological polar surface area (TPSA) is 108 Å². The molecule has 1 fully saturated rings. The molecular weight excluding hydrogens is 490 g/mol. The van der Waals surface area contributed by atoms with Gasteiger partial charge in [-0.2, -0.15) is 5.26 Å². The number of hydrogen-bond acceptors (Lipinski definition) is 5. The molecule has 3 aromatic rings. The minimum absolute atomic E-state index is 0.0309. The third kappa shape index (κ3) is 4.92. The van der Waals surface area contributed by atoms with Crippen LogP contribution in [0, 0.1) is 23.1 Å². The number of carbonyl (C=O) groups excluding carboxylic acids is 1. The molecule has 0 radical (unpaired) electrons. The van der Waals surface area contributed by atoms with Gasteiger partial charge < -0.3 is 20.4 Å². The van der Waals surface area contributed by atoms with Gasteiger partial charge >= 0.3 is 6.36 Å². The Balaban J connectivity index is 1.35. The highest BCUT2D eigenvalue weighted by molar-refractivity contribution is 5.99. The van der Waals surface area contributed by atoms with Crippen molar-refractivity contribution < 1.29 is 27.1 Å². The Morgan fingerprint density at radius 1 is 1.19 bits per heavy atom. The van der Waals surface area contributed by atoms with Gasteiger partial charge in [-0.25, -0.2) is 9.37 Å². The van der Waals surface area contributed by atoms with Gasteiger partial charge in [0.2, 0.25) is 0 Å². The normalized spacial score (nSPS) is 18.8. The molecule has 11 heteroatoms. The van der Waals surface area contributed by atoms with Gasteiger partial charge in [-0.3, -0.25) is 4.79 Å². The number of nitrogens with zero attached hydrogens (tertiary/aromatic N) is 3. The zero-order chi connectivity index (χ0) is 26.3. The van der Waals surface area contributed by atoms with Gasteiger partial charge in [-0.1, -0.05) is 0 Å². The van der Waals surface area contributed by atoms with Crippen LogP contribution in [-0.2, 0) is 12.8 Å². The smallest absolute Gasteiger partial charge is 0.406 e. The van der Waals surface area contributed by atoms with E-state index in [1.54, 1.807) is 4.90 Å². The number of nitrogens with two attached hydrogens (primary N) is 1. The number of nitrogens with one attached hydrogen (secondary N) is 1. The minimum atomic E-state index is -4.86. The number of nitrogen functional groups attached to an aromatic ring is 1. The molecule has 3 N–H and O–H groups in total. The summed E-state index contributed by atoms with van der Waals surface area (Å²) in [4.78, 5) is 22.2. The predicted octanol–water partition coefficient (Wildman–Crippen LogP) is 5.22. The molecule has 5 rings (SSSR count). The summed E-state index contributed by atoms with van der Waals surface area (Å²) in [5.41, 5.74) is 9.12. The minimum Gasteiger partial charge on any atom is -0.406 e. The number of rotatable bonds is 3. The number of carbonyl (C=O) groups is 1. The lowest BCUT2D eigenvalue weighted by Gasteiger charge is -2.33. The fourth-order valence-electron chi connectivity index (χ4n) is 5.55. The van der Waals surface area contributed by atoms with E-state index >= 15 is 4.39 Å². The van der Waals surface area contributed by atoms with E-state index in [4.69, 9.17) is 5.73 Å². The number of aromatic amines is 1. The van der Waals surface area contributed by atoms with Gasteiger partial charge in [-0.15, -0.1) is 13.2 Å². The van der Waals surface area contributed by atoms with Crippen LogP contribution in [0.2, 0.25) is 0 Å². The van der Waals surface area contributed by atoms with Gasteiger partial charge in [0.25, 0.3) is 5.91 Å². The Morgan fingerprint density at radius 3 is 2.59 bits per heavy atom. The number of hydrogen-bond donors (Lipinski definition) is 2. The monoisotopic (exact) mass is 515 g/mol. The number of piperidine rings is 1. The Bertz CT molecular complexity index is 1390. The second kappa shape index (κ2) is 9.57. The number of aryl methyl sites for hydroxylation is 2. The molecule has 1 unspecified atom stereocenters. The molecule has 3 heterocycles. The van der Waals surface area contributed by atoms with E-state index in [0.29, 0.717) is 56.4 Å². The van der Waals surface area contributed by atoms with Crippen molar-refractivity contribution >= 4 is 22.6 Å². The highest BCUT2D eigenvalue weighted by Gasteiger charge is 2.33.